The number of ether oxygens (including phenoxy) is 2. The van der Waals surface area contributed by atoms with Gasteiger partial charge in [0.15, 0.2) is 6.29 Å². The molecule has 5 atom stereocenters. The van der Waals surface area contributed by atoms with Gasteiger partial charge in [0.25, 0.3) is 0 Å². The van der Waals surface area contributed by atoms with Crippen LogP contribution in [0, 0.1) is 22.7 Å². The van der Waals surface area contributed by atoms with Gasteiger partial charge in [-0.2, -0.15) is 0 Å². The highest BCUT2D eigenvalue weighted by Gasteiger charge is 2.67. The standard InChI is InChI=1S/C25H34O6/c1-14-6-7-20-23(3,4)21(30-15(2)28)8-9-24(20,5)25(14)11-17-19(29)10-16(12-26)18(13-27)22(17)31-25/h10,13-14,20-21,26,29H,6-9,11-12H2,1-5H3. The van der Waals surface area contributed by atoms with Crippen LogP contribution in [-0.2, 0) is 22.6 Å². The molecule has 170 valence electrons. The second-order valence-electron chi connectivity index (χ2n) is 10.6. The van der Waals surface area contributed by atoms with E-state index in [1.54, 1.807) is 0 Å². The molecule has 2 aliphatic carbocycles. The Morgan fingerprint density at radius 3 is 2.61 bits per heavy atom. The Kier molecular flexibility index (Phi) is 5.16. The summed E-state index contributed by atoms with van der Waals surface area (Å²) in [5.74, 6) is 0.726. The lowest BCUT2D eigenvalue weighted by atomic mass is 9.43. The van der Waals surface area contributed by atoms with Crippen molar-refractivity contribution in [2.24, 2.45) is 22.7 Å². The second-order valence-corrected chi connectivity index (χ2v) is 10.6. The third kappa shape index (κ3) is 2.94. The molecule has 1 heterocycles. The van der Waals surface area contributed by atoms with E-state index in [0.717, 1.165) is 32.0 Å². The molecule has 2 fully saturated rings. The molecule has 6 heteroatoms. The Morgan fingerprint density at radius 2 is 2.00 bits per heavy atom. The lowest BCUT2D eigenvalue weighted by Gasteiger charge is -2.64. The number of phenols is 1. The maximum Gasteiger partial charge on any atom is 0.302 e. The summed E-state index contributed by atoms with van der Waals surface area (Å²) in [6.07, 6.45) is 4.66. The zero-order valence-corrected chi connectivity index (χ0v) is 19.2. The lowest BCUT2D eigenvalue weighted by molar-refractivity contribution is -0.218. The highest BCUT2D eigenvalue weighted by atomic mass is 16.5. The number of carbonyl (C=O) groups is 2. The molecule has 0 bridgehead atoms. The van der Waals surface area contributed by atoms with Gasteiger partial charge in [0, 0.05) is 29.7 Å². The monoisotopic (exact) mass is 430 g/mol. The number of rotatable bonds is 3. The Bertz CT molecular complexity index is 921. The summed E-state index contributed by atoms with van der Waals surface area (Å²) in [7, 11) is 0. The van der Waals surface area contributed by atoms with Crippen LogP contribution >= 0.6 is 0 Å². The van der Waals surface area contributed by atoms with Crippen LogP contribution in [0.4, 0.5) is 0 Å². The van der Waals surface area contributed by atoms with Gasteiger partial charge in [0.1, 0.15) is 23.2 Å². The fourth-order valence-electron chi connectivity index (χ4n) is 7.22. The van der Waals surface area contributed by atoms with E-state index in [9.17, 15) is 19.8 Å². The van der Waals surface area contributed by atoms with Crippen molar-refractivity contribution >= 4 is 12.3 Å². The van der Waals surface area contributed by atoms with Crippen LogP contribution in [0.15, 0.2) is 6.07 Å². The Hall–Kier alpha value is -2.08. The van der Waals surface area contributed by atoms with Crippen molar-refractivity contribution in [1.29, 1.82) is 0 Å². The van der Waals surface area contributed by atoms with E-state index < -0.39 is 5.60 Å². The number of aromatic hydroxyl groups is 1. The molecule has 31 heavy (non-hydrogen) atoms. The van der Waals surface area contributed by atoms with Crippen LogP contribution in [0.3, 0.4) is 0 Å². The van der Waals surface area contributed by atoms with Crippen LogP contribution in [0.2, 0.25) is 0 Å². The first-order valence-corrected chi connectivity index (χ1v) is 11.3. The fourth-order valence-corrected chi connectivity index (χ4v) is 7.22. The predicted octanol–water partition coefficient (Wildman–Crippen LogP) is 4.17. The van der Waals surface area contributed by atoms with Crippen molar-refractivity contribution < 1.29 is 29.3 Å². The molecule has 1 aromatic rings. The number of esters is 1. The molecular formula is C25H34O6. The molecule has 6 nitrogen and oxygen atoms in total. The number of fused-ring (bicyclic) bond motifs is 3. The van der Waals surface area contributed by atoms with Gasteiger partial charge in [-0.25, -0.2) is 0 Å². The van der Waals surface area contributed by atoms with Crippen LogP contribution in [0.5, 0.6) is 11.5 Å². The average molecular weight is 431 g/mol. The summed E-state index contributed by atoms with van der Waals surface area (Å²) in [6, 6.07) is 1.49. The summed E-state index contributed by atoms with van der Waals surface area (Å²) in [5, 5.41) is 20.4. The quantitative estimate of drug-likeness (QED) is 0.552. The van der Waals surface area contributed by atoms with Gasteiger partial charge in [0.2, 0.25) is 0 Å². The van der Waals surface area contributed by atoms with Crippen LogP contribution in [0.1, 0.15) is 81.8 Å². The first-order valence-electron chi connectivity index (χ1n) is 11.3. The van der Waals surface area contributed by atoms with Crippen molar-refractivity contribution in [1.82, 2.24) is 0 Å². The Balaban J connectivity index is 1.81. The van der Waals surface area contributed by atoms with Crippen molar-refractivity contribution in [2.75, 3.05) is 0 Å². The molecule has 1 aromatic carbocycles. The maximum atomic E-state index is 11.9. The van der Waals surface area contributed by atoms with Crippen molar-refractivity contribution in [2.45, 2.75) is 85.0 Å². The molecule has 0 aromatic heterocycles. The number of phenolic OH excluding ortho intramolecular Hbond substituents is 1. The van der Waals surface area contributed by atoms with Gasteiger partial charge >= 0.3 is 5.97 Å². The van der Waals surface area contributed by atoms with Gasteiger partial charge in [-0.15, -0.1) is 0 Å². The SMILES string of the molecule is CC(=O)OC1CCC2(C)C(CCC(C)C23Cc2c(O)cc(CO)c(C=O)c2O3)C1(C)C. The minimum Gasteiger partial charge on any atom is -0.508 e. The number of aliphatic hydroxyl groups excluding tert-OH is 1. The summed E-state index contributed by atoms with van der Waals surface area (Å²) in [4.78, 5) is 23.6. The van der Waals surface area contributed by atoms with E-state index in [1.807, 2.05) is 0 Å². The first-order chi connectivity index (χ1) is 14.5. The topological polar surface area (TPSA) is 93.1 Å². The molecule has 4 rings (SSSR count). The maximum absolute atomic E-state index is 11.9. The molecule has 0 radical (unpaired) electrons. The third-order valence-corrected chi connectivity index (χ3v) is 8.88. The summed E-state index contributed by atoms with van der Waals surface area (Å²) in [5.41, 5.74) is 0.351. The van der Waals surface area contributed by atoms with E-state index in [2.05, 4.69) is 27.7 Å². The van der Waals surface area contributed by atoms with Gasteiger partial charge < -0.3 is 19.7 Å². The van der Waals surface area contributed by atoms with Crippen molar-refractivity contribution in [3.63, 3.8) is 0 Å². The molecule has 1 spiro atoms. The number of hydrogen-bond acceptors (Lipinski definition) is 6. The summed E-state index contributed by atoms with van der Waals surface area (Å²) in [6.45, 7) is 9.98. The fraction of sp³-hybridized carbons (Fsp3) is 0.680. The molecule has 1 aliphatic heterocycles. The molecule has 3 aliphatic rings. The van der Waals surface area contributed by atoms with Crippen molar-refractivity contribution in [3.05, 3.63) is 22.8 Å². The van der Waals surface area contributed by atoms with Gasteiger partial charge in [-0.05, 0) is 49.1 Å². The molecule has 5 unspecified atom stereocenters. The van der Waals surface area contributed by atoms with Gasteiger partial charge in [-0.1, -0.05) is 27.7 Å². The van der Waals surface area contributed by atoms with Crippen LogP contribution < -0.4 is 4.74 Å². The average Bonchev–Trinajstić information content (AvgIpc) is 3.11. The normalized spacial score (nSPS) is 35.7. The smallest absolute Gasteiger partial charge is 0.302 e. The zero-order chi connectivity index (χ0) is 22.8. The number of carbonyl (C=O) groups excluding carboxylic acids is 2. The molecule has 0 saturated heterocycles. The number of aldehydes is 1. The van der Waals surface area contributed by atoms with E-state index in [4.69, 9.17) is 9.47 Å². The van der Waals surface area contributed by atoms with E-state index >= 15 is 0 Å². The third-order valence-electron chi connectivity index (χ3n) is 8.88. The highest BCUT2D eigenvalue weighted by molar-refractivity contribution is 5.84. The number of benzene rings is 1. The summed E-state index contributed by atoms with van der Waals surface area (Å²) >= 11 is 0. The summed E-state index contributed by atoms with van der Waals surface area (Å²) < 4.78 is 12.5. The minimum atomic E-state index is -0.569. The Labute approximate surface area is 183 Å². The Morgan fingerprint density at radius 1 is 1.29 bits per heavy atom. The second kappa shape index (κ2) is 7.22. The molecular weight excluding hydrogens is 396 g/mol. The van der Waals surface area contributed by atoms with E-state index in [0.29, 0.717) is 28.9 Å². The number of aliphatic hydroxyl groups is 1. The van der Waals surface area contributed by atoms with Crippen LogP contribution in [-0.4, -0.2) is 34.2 Å². The minimum absolute atomic E-state index is 0.0762. The van der Waals surface area contributed by atoms with E-state index in [-0.39, 0.29) is 47.1 Å². The molecule has 0 amide bonds. The van der Waals surface area contributed by atoms with E-state index in [1.165, 1.54) is 13.0 Å². The number of hydrogen-bond donors (Lipinski definition) is 2. The first kappa shape index (κ1) is 22.1. The van der Waals surface area contributed by atoms with Gasteiger partial charge in [0.05, 0.1) is 12.2 Å². The van der Waals surface area contributed by atoms with Gasteiger partial charge in [-0.3, -0.25) is 9.59 Å². The largest absolute Gasteiger partial charge is 0.508 e. The molecule has 2 saturated carbocycles. The lowest BCUT2D eigenvalue weighted by Crippen LogP contribution is -2.67. The van der Waals surface area contributed by atoms with Crippen LogP contribution in [0.25, 0.3) is 0 Å². The highest BCUT2D eigenvalue weighted by Crippen LogP contribution is 2.67. The van der Waals surface area contributed by atoms with Crippen molar-refractivity contribution in [3.8, 4) is 11.5 Å². The zero-order valence-electron chi connectivity index (χ0n) is 19.2. The predicted molar refractivity (Wildman–Crippen MR) is 115 cm³/mol. The molecule has 2 N–H and O–H groups in total.